The monoisotopic (exact) mass is 642 g/mol. The zero-order valence-electron chi connectivity index (χ0n) is 27.7. The molecule has 0 saturated carbocycles. The van der Waals surface area contributed by atoms with Gasteiger partial charge in [0.1, 0.15) is 13.2 Å². The van der Waals surface area contributed by atoms with E-state index in [1.807, 2.05) is 119 Å². The number of amides is 4. The number of cyclic esters (lactones) is 2. The van der Waals surface area contributed by atoms with Crippen molar-refractivity contribution >= 4 is 24.0 Å². The average molecular weight is 643 g/mol. The van der Waals surface area contributed by atoms with Crippen molar-refractivity contribution in [2.45, 2.75) is 65.6 Å². The molecule has 0 radical (unpaired) electrons. The molecule has 0 spiro atoms. The first-order valence-electron chi connectivity index (χ1n) is 16.3. The van der Waals surface area contributed by atoms with Crippen LogP contribution in [0.25, 0.3) is 0 Å². The molecule has 0 aliphatic carbocycles. The highest BCUT2D eigenvalue weighted by molar-refractivity contribution is 5.95. The lowest BCUT2D eigenvalue weighted by Crippen LogP contribution is -2.46. The molecule has 47 heavy (non-hydrogen) atoms. The summed E-state index contributed by atoms with van der Waals surface area (Å²) in [4.78, 5) is 51.8. The molecule has 0 bridgehead atoms. The molecule has 3 atom stereocenters. The SMILES string of the molecule is CC(C)CC(=O)N1C(=O)OC[C@H]1Cc1ccccc1.CC(C)[C@@H](COCc1ccccc1)C(=O)N1C(=O)OC[C@H]1Cc1ccccc1. The second-order valence-corrected chi connectivity index (χ2v) is 12.8. The van der Waals surface area contributed by atoms with Crippen LogP contribution in [0.1, 0.15) is 50.8 Å². The van der Waals surface area contributed by atoms with Gasteiger partial charge in [-0.2, -0.15) is 0 Å². The molecular weight excluding hydrogens is 596 g/mol. The van der Waals surface area contributed by atoms with Gasteiger partial charge < -0.3 is 14.2 Å². The number of ether oxygens (including phenoxy) is 3. The van der Waals surface area contributed by atoms with E-state index < -0.39 is 18.1 Å². The Morgan fingerprint density at radius 2 is 1.15 bits per heavy atom. The number of rotatable bonds is 12. The first-order chi connectivity index (χ1) is 22.6. The van der Waals surface area contributed by atoms with Crippen molar-refractivity contribution in [3.63, 3.8) is 0 Å². The lowest BCUT2D eigenvalue weighted by molar-refractivity contribution is -0.137. The molecule has 2 aliphatic rings. The van der Waals surface area contributed by atoms with Crippen LogP contribution in [0.3, 0.4) is 0 Å². The van der Waals surface area contributed by atoms with Gasteiger partial charge in [-0.1, -0.05) is 119 Å². The maximum atomic E-state index is 13.2. The van der Waals surface area contributed by atoms with E-state index in [9.17, 15) is 19.2 Å². The highest BCUT2D eigenvalue weighted by Crippen LogP contribution is 2.24. The third-order valence-electron chi connectivity index (χ3n) is 8.17. The van der Waals surface area contributed by atoms with Gasteiger partial charge in [0, 0.05) is 6.42 Å². The molecule has 250 valence electrons. The predicted molar refractivity (Wildman–Crippen MR) is 178 cm³/mol. The smallest absolute Gasteiger partial charge is 0.416 e. The minimum Gasteiger partial charge on any atom is -0.447 e. The number of hydrogen-bond acceptors (Lipinski definition) is 7. The van der Waals surface area contributed by atoms with Crippen molar-refractivity contribution < 1.29 is 33.4 Å². The molecule has 2 heterocycles. The van der Waals surface area contributed by atoms with Crippen LogP contribution in [0.5, 0.6) is 0 Å². The van der Waals surface area contributed by atoms with Gasteiger partial charge in [-0.25, -0.2) is 19.4 Å². The quantitative estimate of drug-likeness (QED) is 0.217. The van der Waals surface area contributed by atoms with Gasteiger partial charge in [-0.3, -0.25) is 9.59 Å². The molecule has 2 saturated heterocycles. The lowest BCUT2D eigenvalue weighted by atomic mass is 9.94. The summed E-state index contributed by atoms with van der Waals surface area (Å²) in [5.41, 5.74) is 3.23. The van der Waals surface area contributed by atoms with Crippen LogP contribution in [0.15, 0.2) is 91.0 Å². The summed E-state index contributed by atoms with van der Waals surface area (Å²) in [6.07, 6.45) is 0.552. The molecule has 3 aromatic rings. The largest absolute Gasteiger partial charge is 0.447 e. The first kappa shape index (κ1) is 35.4. The van der Waals surface area contributed by atoms with E-state index in [2.05, 4.69) is 0 Å². The molecule has 0 N–H and O–H groups in total. The highest BCUT2D eigenvalue weighted by Gasteiger charge is 2.42. The Kier molecular flexibility index (Phi) is 13.1. The fourth-order valence-electron chi connectivity index (χ4n) is 5.62. The van der Waals surface area contributed by atoms with Crippen molar-refractivity contribution in [1.82, 2.24) is 9.80 Å². The summed E-state index contributed by atoms with van der Waals surface area (Å²) >= 11 is 0. The molecule has 3 aromatic carbocycles. The van der Waals surface area contributed by atoms with Gasteiger partial charge in [0.05, 0.1) is 31.2 Å². The van der Waals surface area contributed by atoms with E-state index in [-0.39, 0.29) is 55.6 Å². The molecule has 9 nitrogen and oxygen atoms in total. The van der Waals surface area contributed by atoms with E-state index in [0.717, 1.165) is 16.7 Å². The number of carbonyl (C=O) groups excluding carboxylic acids is 4. The Balaban J connectivity index is 0.000000229. The molecule has 0 aromatic heterocycles. The Morgan fingerprint density at radius 1 is 0.702 bits per heavy atom. The van der Waals surface area contributed by atoms with E-state index in [4.69, 9.17) is 14.2 Å². The van der Waals surface area contributed by atoms with Gasteiger partial charge >= 0.3 is 12.2 Å². The van der Waals surface area contributed by atoms with E-state index in [0.29, 0.717) is 25.9 Å². The van der Waals surface area contributed by atoms with E-state index >= 15 is 0 Å². The summed E-state index contributed by atoms with van der Waals surface area (Å²) < 4.78 is 16.0. The second kappa shape index (κ2) is 17.4. The van der Waals surface area contributed by atoms with Crippen LogP contribution in [0.4, 0.5) is 9.59 Å². The van der Waals surface area contributed by atoms with Crippen LogP contribution in [0.2, 0.25) is 0 Å². The molecule has 5 rings (SSSR count). The van der Waals surface area contributed by atoms with Crippen LogP contribution in [0, 0.1) is 17.8 Å². The minimum absolute atomic E-state index is 0.0500. The fraction of sp³-hybridized carbons (Fsp3) is 0.421. The standard InChI is InChI=1S/C23H27NO4.C15H19NO3/c1-17(2)21(16-27-14-19-11-7-4-8-12-19)22(25)24-20(15-28-23(24)26)13-18-9-5-3-6-10-18;1-11(2)8-14(17)16-13(10-19-15(16)18)9-12-6-4-3-5-7-12/h3-12,17,20-21H,13-16H2,1-2H3;3-7,11,13H,8-10H2,1-2H3/t20-,21-;13-/m11/s1. The van der Waals surface area contributed by atoms with Gasteiger partial charge in [0.15, 0.2) is 0 Å². The number of hydrogen-bond donors (Lipinski definition) is 0. The second-order valence-electron chi connectivity index (χ2n) is 12.8. The van der Waals surface area contributed by atoms with Crippen molar-refractivity contribution in [3.05, 3.63) is 108 Å². The third-order valence-corrected chi connectivity index (χ3v) is 8.17. The predicted octanol–water partition coefficient (Wildman–Crippen LogP) is 6.69. The maximum Gasteiger partial charge on any atom is 0.416 e. The minimum atomic E-state index is -0.556. The maximum absolute atomic E-state index is 13.2. The molecule has 0 unspecified atom stereocenters. The number of imide groups is 2. The Morgan fingerprint density at radius 3 is 1.62 bits per heavy atom. The summed E-state index contributed by atoms with van der Waals surface area (Å²) in [6.45, 7) is 9.11. The normalized spacial score (nSPS) is 18.1. The van der Waals surface area contributed by atoms with Gasteiger partial charge in [0.25, 0.3) is 0 Å². The van der Waals surface area contributed by atoms with Crippen molar-refractivity contribution in [2.24, 2.45) is 17.8 Å². The van der Waals surface area contributed by atoms with Gasteiger partial charge in [-0.15, -0.1) is 0 Å². The summed E-state index contributed by atoms with van der Waals surface area (Å²) in [6, 6.07) is 29.1. The van der Waals surface area contributed by atoms with Gasteiger partial charge in [0.2, 0.25) is 11.8 Å². The van der Waals surface area contributed by atoms with E-state index in [1.54, 1.807) is 0 Å². The molecule has 9 heteroatoms. The zero-order valence-corrected chi connectivity index (χ0v) is 27.7. The highest BCUT2D eigenvalue weighted by atomic mass is 16.6. The first-order valence-corrected chi connectivity index (χ1v) is 16.3. The Labute approximate surface area is 277 Å². The molecule has 2 aliphatic heterocycles. The lowest BCUT2D eigenvalue weighted by Gasteiger charge is -2.27. The number of carbonyl (C=O) groups is 4. The van der Waals surface area contributed by atoms with Crippen molar-refractivity contribution in [3.8, 4) is 0 Å². The Bertz CT molecular complexity index is 1450. The molecular formula is C38H46N2O7. The van der Waals surface area contributed by atoms with Crippen molar-refractivity contribution in [1.29, 1.82) is 0 Å². The average Bonchev–Trinajstić information content (AvgIpc) is 3.61. The van der Waals surface area contributed by atoms with Crippen LogP contribution < -0.4 is 0 Å². The summed E-state index contributed by atoms with van der Waals surface area (Å²) in [5, 5.41) is 0. The number of nitrogens with zero attached hydrogens (tertiary/aromatic N) is 2. The zero-order chi connectivity index (χ0) is 33.8. The van der Waals surface area contributed by atoms with Crippen molar-refractivity contribution in [2.75, 3.05) is 19.8 Å². The molecule has 2 fully saturated rings. The van der Waals surface area contributed by atoms with Crippen LogP contribution in [-0.2, 0) is 43.2 Å². The van der Waals surface area contributed by atoms with Gasteiger partial charge in [-0.05, 0) is 41.4 Å². The molecule has 4 amide bonds. The summed E-state index contributed by atoms with van der Waals surface area (Å²) in [5.74, 6) is -0.468. The third kappa shape index (κ3) is 10.2. The Hall–Kier alpha value is -4.50. The van der Waals surface area contributed by atoms with Crippen LogP contribution >= 0.6 is 0 Å². The van der Waals surface area contributed by atoms with Crippen LogP contribution in [-0.4, -0.2) is 65.7 Å². The summed E-state index contributed by atoms with van der Waals surface area (Å²) in [7, 11) is 0. The topological polar surface area (TPSA) is 102 Å². The number of benzene rings is 3. The fourth-order valence-corrected chi connectivity index (χ4v) is 5.62. The van der Waals surface area contributed by atoms with E-state index in [1.165, 1.54) is 9.80 Å².